The van der Waals surface area contributed by atoms with Gasteiger partial charge in [0.1, 0.15) is 0 Å². The normalized spacial score (nSPS) is 12.5. The Morgan fingerprint density at radius 1 is 1.05 bits per heavy atom. The first-order chi connectivity index (χ1) is 10.2. The minimum absolute atomic E-state index is 0.0660. The molecule has 4 N–H and O–H groups in total. The van der Waals surface area contributed by atoms with E-state index in [9.17, 15) is 10.2 Å². The highest BCUT2D eigenvalue weighted by atomic mass is 16.3. The fraction of sp³-hybridized carbons (Fsp3) is 0.294. The molecule has 0 spiro atoms. The molecular formula is C17H22N2O2. The standard InChI is InChI=1S/C17H22N2O2/c18-16-8-4-7-15(11-16)17(21)13-19(9-10-20)12-14-5-2-1-3-6-14/h1-8,11,17,20-21H,9-10,12-13,18H2. The molecule has 2 rings (SSSR count). The van der Waals surface area contributed by atoms with Gasteiger partial charge in [0, 0.05) is 25.3 Å². The average Bonchev–Trinajstić information content (AvgIpc) is 2.48. The lowest BCUT2D eigenvalue weighted by atomic mass is 10.1. The van der Waals surface area contributed by atoms with Crippen LogP contribution in [-0.2, 0) is 6.54 Å². The SMILES string of the molecule is Nc1cccc(C(O)CN(CCO)Cc2ccccc2)c1. The molecule has 21 heavy (non-hydrogen) atoms. The number of hydrogen-bond acceptors (Lipinski definition) is 4. The van der Waals surface area contributed by atoms with Crippen LogP contribution in [0, 0.1) is 0 Å². The number of anilines is 1. The largest absolute Gasteiger partial charge is 0.399 e. The quantitative estimate of drug-likeness (QED) is 0.679. The molecule has 4 heteroatoms. The summed E-state index contributed by atoms with van der Waals surface area (Å²) < 4.78 is 0. The Morgan fingerprint density at radius 3 is 2.48 bits per heavy atom. The van der Waals surface area contributed by atoms with E-state index in [1.807, 2.05) is 47.4 Å². The Kier molecular flexibility index (Phi) is 5.75. The molecule has 0 bridgehead atoms. The van der Waals surface area contributed by atoms with Gasteiger partial charge in [0.15, 0.2) is 0 Å². The van der Waals surface area contributed by atoms with Crippen molar-refractivity contribution in [3.63, 3.8) is 0 Å². The summed E-state index contributed by atoms with van der Waals surface area (Å²) in [6, 6.07) is 17.3. The topological polar surface area (TPSA) is 69.7 Å². The number of aliphatic hydroxyl groups excluding tert-OH is 2. The second kappa shape index (κ2) is 7.78. The number of nitrogens with zero attached hydrogens (tertiary/aromatic N) is 1. The van der Waals surface area contributed by atoms with Crippen molar-refractivity contribution in [2.24, 2.45) is 0 Å². The van der Waals surface area contributed by atoms with E-state index in [0.29, 0.717) is 25.3 Å². The molecule has 0 amide bonds. The molecule has 0 radical (unpaired) electrons. The number of nitrogen functional groups attached to an aromatic ring is 1. The third-order valence-corrected chi connectivity index (χ3v) is 3.39. The molecule has 1 atom stereocenters. The lowest BCUT2D eigenvalue weighted by molar-refractivity contribution is 0.0957. The molecule has 4 nitrogen and oxygen atoms in total. The highest BCUT2D eigenvalue weighted by molar-refractivity contribution is 5.41. The van der Waals surface area contributed by atoms with Crippen LogP contribution < -0.4 is 5.73 Å². The van der Waals surface area contributed by atoms with Crippen LogP contribution in [0.15, 0.2) is 54.6 Å². The van der Waals surface area contributed by atoms with Gasteiger partial charge < -0.3 is 15.9 Å². The lowest BCUT2D eigenvalue weighted by Crippen LogP contribution is -2.31. The van der Waals surface area contributed by atoms with Gasteiger partial charge in [-0.05, 0) is 23.3 Å². The average molecular weight is 286 g/mol. The first-order valence-electron chi connectivity index (χ1n) is 7.09. The summed E-state index contributed by atoms with van der Waals surface area (Å²) in [6.07, 6.45) is -0.622. The third kappa shape index (κ3) is 4.86. The molecule has 0 saturated carbocycles. The van der Waals surface area contributed by atoms with Gasteiger partial charge in [0.2, 0.25) is 0 Å². The molecule has 0 aliphatic heterocycles. The van der Waals surface area contributed by atoms with Crippen LogP contribution in [0.4, 0.5) is 5.69 Å². The summed E-state index contributed by atoms with van der Waals surface area (Å²) in [4.78, 5) is 2.03. The zero-order chi connectivity index (χ0) is 15.1. The Labute approximate surface area is 125 Å². The molecule has 0 saturated heterocycles. The minimum Gasteiger partial charge on any atom is -0.399 e. The van der Waals surface area contributed by atoms with E-state index < -0.39 is 6.10 Å². The van der Waals surface area contributed by atoms with Crippen molar-refractivity contribution in [2.75, 3.05) is 25.4 Å². The van der Waals surface area contributed by atoms with Crippen molar-refractivity contribution in [3.05, 3.63) is 65.7 Å². The van der Waals surface area contributed by atoms with Crippen LogP contribution in [0.1, 0.15) is 17.2 Å². The lowest BCUT2D eigenvalue weighted by Gasteiger charge is -2.24. The van der Waals surface area contributed by atoms with E-state index in [0.717, 1.165) is 11.1 Å². The number of hydrogen-bond donors (Lipinski definition) is 3. The van der Waals surface area contributed by atoms with Gasteiger partial charge in [-0.3, -0.25) is 4.90 Å². The Morgan fingerprint density at radius 2 is 1.81 bits per heavy atom. The Hall–Kier alpha value is -1.88. The van der Waals surface area contributed by atoms with Crippen molar-refractivity contribution < 1.29 is 10.2 Å². The van der Waals surface area contributed by atoms with E-state index in [2.05, 4.69) is 0 Å². The molecule has 0 aromatic heterocycles. The van der Waals surface area contributed by atoms with Crippen molar-refractivity contribution in [1.82, 2.24) is 4.90 Å². The Bertz CT molecular complexity index is 545. The van der Waals surface area contributed by atoms with E-state index in [4.69, 9.17) is 5.73 Å². The molecule has 0 fully saturated rings. The van der Waals surface area contributed by atoms with Gasteiger partial charge in [-0.2, -0.15) is 0 Å². The predicted molar refractivity (Wildman–Crippen MR) is 84.6 cm³/mol. The summed E-state index contributed by atoms with van der Waals surface area (Å²) in [5.74, 6) is 0. The molecular weight excluding hydrogens is 264 g/mol. The van der Waals surface area contributed by atoms with Crippen molar-refractivity contribution in [1.29, 1.82) is 0 Å². The molecule has 2 aromatic carbocycles. The van der Waals surface area contributed by atoms with Crippen LogP contribution in [0.2, 0.25) is 0 Å². The van der Waals surface area contributed by atoms with Crippen LogP contribution in [0.5, 0.6) is 0 Å². The van der Waals surface area contributed by atoms with E-state index in [1.54, 1.807) is 12.1 Å². The smallest absolute Gasteiger partial charge is 0.0917 e. The van der Waals surface area contributed by atoms with E-state index in [-0.39, 0.29) is 6.61 Å². The van der Waals surface area contributed by atoms with Crippen LogP contribution in [-0.4, -0.2) is 34.8 Å². The van der Waals surface area contributed by atoms with Gasteiger partial charge in [-0.15, -0.1) is 0 Å². The number of benzene rings is 2. The number of aliphatic hydroxyl groups is 2. The molecule has 0 aliphatic carbocycles. The van der Waals surface area contributed by atoms with Gasteiger partial charge in [0.05, 0.1) is 12.7 Å². The second-order valence-electron chi connectivity index (χ2n) is 5.13. The summed E-state index contributed by atoms with van der Waals surface area (Å²) in [6.45, 7) is 1.74. The third-order valence-electron chi connectivity index (χ3n) is 3.39. The second-order valence-corrected chi connectivity index (χ2v) is 5.13. The first kappa shape index (κ1) is 15.5. The zero-order valence-corrected chi connectivity index (χ0v) is 12.0. The van der Waals surface area contributed by atoms with Gasteiger partial charge in [-0.25, -0.2) is 0 Å². The maximum absolute atomic E-state index is 10.3. The van der Waals surface area contributed by atoms with E-state index >= 15 is 0 Å². The fourth-order valence-electron chi connectivity index (χ4n) is 2.33. The highest BCUT2D eigenvalue weighted by Crippen LogP contribution is 2.18. The van der Waals surface area contributed by atoms with Crippen LogP contribution in [0.25, 0.3) is 0 Å². The fourth-order valence-corrected chi connectivity index (χ4v) is 2.33. The summed E-state index contributed by atoms with van der Waals surface area (Å²) in [5, 5.41) is 19.5. The van der Waals surface area contributed by atoms with Gasteiger partial charge in [0.25, 0.3) is 0 Å². The van der Waals surface area contributed by atoms with Crippen molar-refractivity contribution >= 4 is 5.69 Å². The molecule has 0 aliphatic rings. The number of rotatable bonds is 7. The maximum Gasteiger partial charge on any atom is 0.0917 e. The van der Waals surface area contributed by atoms with Gasteiger partial charge >= 0.3 is 0 Å². The monoisotopic (exact) mass is 286 g/mol. The number of nitrogens with two attached hydrogens (primary N) is 1. The predicted octanol–water partition coefficient (Wildman–Crippen LogP) is 1.80. The summed E-state index contributed by atoms with van der Waals surface area (Å²) in [5.41, 5.74) is 8.34. The van der Waals surface area contributed by atoms with Crippen molar-refractivity contribution in [3.8, 4) is 0 Å². The maximum atomic E-state index is 10.3. The zero-order valence-electron chi connectivity index (χ0n) is 12.0. The molecule has 2 aromatic rings. The van der Waals surface area contributed by atoms with Crippen molar-refractivity contribution in [2.45, 2.75) is 12.6 Å². The molecule has 1 unspecified atom stereocenters. The van der Waals surface area contributed by atoms with Crippen LogP contribution in [0.3, 0.4) is 0 Å². The van der Waals surface area contributed by atoms with Crippen LogP contribution >= 0.6 is 0 Å². The first-order valence-corrected chi connectivity index (χ1v) is 7.09. The summed E-state index contributed by atoms with van der Waals surface area (Å²) in [7, 11) is 0. The van der Waals surface area contributed by atoms with Gasteiger partial charge in [-0.1, -0.05) is 42.5 Å². The summed E-state index contributed by atoms with van der Waals surface area (Å²) >= 11 is 0. The molecule has 112 valence electrons. The Balaban J connectivity index is 2.02. The molecule has 0 heterocycles. The van der Waals surface area contributed by atoms with E-state index in [1.165, 1.54) is 0 Å². The minimum atomic E-state index is -0.622. The highest BCUT2D eigenvalue weighted by Gasteiger charge is 2.14.